The first-order valence-corrected chi connectivity index (χ1v) is 19.3. The molecule has 11 heteroatoms. The second-order valence-electron chi connectivity index (χ2n) is 10.3. The zero-order valence-corrected chi connectivity index (χ0v) is 30.2. The van der Waals surface area contributed by atoms with E-state index in [-0.39, 0.29) is 25.2 Å². The van der Waals surface area contributed by atoms with Crippen LogP contribution >= 0.6 is 14.3 Å². The summed E-state index contributed by atoms with van der Waals surface area (Å²) in [5, 5.41) is 22.6. The maximum absolute atomic E-state index is 13.9. The maximum Gasteiger partial charge on any atom is 0.410 e. The number of terminal acetylenes is 1. The normalized spacial score (nSPS) is 17.9. The van der Waals surface area contributed by atoms with Crippen LogP contribution in [-0.2, 0) is 23.6 Å². The lowest BCUT2D eigenvalue weighted by molar-refractivity contribution is -0.439. The predicted molar refractivity (Wildman–Crippen MR) is 199 cm³/mol. The van der Waals surface area contributed by atoms with Crippen molar-refractivity contribution >= 4 is 20.3 Å². The molecule has 0 aromatic carbocycles. The van der Waals surface area contributed by atoms with Crippen LogP contribution < -0.4 is 0 Å². The van der Waals surface area contributed by atoms with Gasteiger partial charge in [-0.2, -0.15) is 0 Å². The number of aliphatic carboxylic acids is 1. The third-order valence-corrected chi connectivity index (χ3v) is 12.7. The minimum absolute atomic E-state index is 0.0208. The molecule has 6 unspecified atom stereocenters. The van der Waals surface area contributed by atoms with Crippen LogP contribution in [0.15, 0.2) is 0 Å². The van der Waals surface area contributed by atoms with Crippen molar-refractivity contribution in [1.29, 1.82) is 0 Å². The van der Waals surface area contributed by atoms with Crippen molar-refractivity contribution in [3.8, 4) is 166 Å². The first-order valence-electron chi connectivity index (χ1n) is 15.3. The molecule has 260 valence electrons. The minimum atomic E-state index is -5.65. The molecule has 0 amide bonds. The first kappa shape index (κ1) is 44.6. The standard InChI is InChI=1S/C42H28O9P2/c1-4-6-8-10-12-14-16-18-20-21-23-25-27-30-38-32-29-33-39(31-28-26-24-22-19-17-15-13-11-9-7-5-2)36-41(40(35-34-38)37(3)42(43)44)52(46,51-50-45)53(47,48)49/h2,37-41,45H,29,32-36H2,1,3H3,(H,43,44)(H2,47,48,49). The molecule has 0 spiro atoms. The van der Waals surface area contributed by atoms with E-state index in [0.717, 1.165) is 0 Å². The molecule has 6 atom stereocenters. The van der Waals surface area contributed by atoms with Crippen LogP contribution in [0.1, 0.15) is 52.4 Å². The zero-order valence-electron chi connectivity index (χ0n) is 28.4. The van der Waals surface area contributed by atoms with Gasteiger partial charge >= 0.3 is 20.3 Å². The number of carbonyl (C=O) groups is 1. The van der Waals surface area contributed by atoms with E-state index in [1.807, 2.05) is 0 Å². The Morgan fingerprint density at radius 1 is 0.660 bits per heavy atom. The summed E-state index contributed by atoms with van der Waals surface area (Å²) in [5.41, 5.74) is -1.60. The molecule has 0 aromatic rings. The Labute approximate surface area is 311 Å². The van der Waals surface area contributed by atoms with Crippen LogP contribution in [0.25, 0.3) is 0 Å². The zero-order chi connectivity index (χ0) is 39.2. The van der Waals surface area contributed by atoms with Gasteiger partial charge in [-0.1, -0.05) is 36.1 Å². The van der Waals surface area contributed by atoms with Gasteiger partial charge in [0.15, 0.2) is 0 Å². The van der Waals surface area contributed by atoms with Gasteiger partial charge in [0, 0.05) is 11.8 Å². The maximum atomic E-state index is 13.9. The minimum Gasteiger partial charge on any atom is -0.481 e. The average molecular weight is 739 g/mol. The van der Waals surface area contributed by atoms with Crippen LogP contribution in [0.3, 0.4) is 0 Å². The molecule has 1 fully saturated rings. The highest BCUT2D eigenvalue weighted by Crippen LogP contribution is 2.82. The molecule has 1 rings (SSSR count). The van der Waals surface area contributed by atoms with E-state index >= 15 is 0 Å². The molecular weight excluding hydrogens is 710 g/mol. The smallest absolute Gasteiger partial charge is 0.410 e. The highest BCUT2D eigenvalue weighted by Gasteiger charge is 2.56. The monoisotopic (exact) mass is 738 g/mol. The number of carboxylic acid groups (broad SMARTS) is 1. The molecular formula is C42H28O9P2. The van der Waals surface area contributed by atoms with Crippen LogP contribution in [0, 0.1) is 190 Å². The van der Waals surface area contributed by atoms with E-state index in [1.165, 1.54) is 6.92 Å². The van der Waals surface area contributed by atoms with Crippen LogP contribution in [0.4, 0.5) is 0 Å². The fourth-order valence-corrected chi connectivity index (χ4v) is 9.05. The van der Waals surface area contributed by atoms with Gasteiger partial charge in [0.2, 0.25) is 0 Å². The van der Waals surface area contributed by atoms with E-state index in [0.29, 0.717) is 19.3 Å². The molecule has 0 heterocycles. The summed E-state index contributed by atoms with van der Waals surface area (Å²) in [5.74, 6) is 63.4. The Balaban J connectivity index is 3.50. The van der Waals surface area contributed by atoms with E-state index in [9.17, 15) is 28.8 Å². The molecule has 53 heavy (non-hydrogen) atoms. The quantitative estimate of drug-likeness (QED) is 0.138. The van der Waals surface area contributed by atoms with Gasteiger partial charge in [0.05, 0.1) is 11.6 Å². The summed E-state index contributed by atoms with van der Waals surface area (Å²) in [6.07, 6.45) is 6.40. The summed E-state index contributed by atoms with van der Waals surface area (Å²) >= 11 is 0. The molecule has 0 saturated heterocycles. The average Bonchev–Trinajstić information content (AvgIpc) is 3.12. The lowest BCUT2D eigenvalue weighted by Gasteiger charge is -2.36. The van der Waals surface area contributed by atoms with Gasteiger partial charge in [-0.05, 0) is 187 Å². The van der Waals surface area contributed by atoms with Gasteiger partial charge < -0.3 is 14.9 Å². The summed E-state index contributed by atoms with van der Waals surface area (Å²) < 4.78 is 31.0. The molecule has 0 aliphatic heterocycles. The first-order chi connectivity index (χ1) is 25.5. The Kier molecular flexibility index (Phi) is 22.2. The van der Waals surface area contributed by atoms with Gasteiger partial charge in [0.1, 0.15) is 0 Å². The summed E-state index contributed by atoms with van der Waals surface area (Å²) in [7, 11) is -10.9. The van der Waals surface area contributed by atoms with Gasteiger partial charge in [-0.25, -0.2) is 9.82 Å². The Morgan fingerprint density at radius 2 is 1.08 bits per heavy atom. The molecule has 1 aliphatic rings. The SMILES string of the molecule is C#CC#CC#CC#CC#CC#CC#CC1CCCC(C#CC#CC#CC#CC#CC#CC#CC)CCC(C(C)C(=O)O)C(P(=O)(OOO)P(=O)(O)O)C1. The molecule has 0 aromatic heterocycles. The van der Waals surface area contributed by atoms with Gasteiger partial charge in [-0.3, -0.25) is 9.36 Å². The van der Waals surface area contributed by atoms with Crippen LogP contribution in [-0.4, -0.2) is 31.8 Å². The van der Waals surface area contributed by atoms with Crippen molar-refractivity contribution in [1.82, 2.24) is 0 Å². The van der Waals surface area contributed by atoms with Crippen molar-refractivity contribution in [2.45, 2.75) is 58.0 Å². The fourth-order valence-electron chi connectivity index (χ4n) is 4.65. The lowest BCUT2D eigenvalue weighted by Crippen LogP contribution is -2.34. The number of hydrogen-bond donors (Lipinski definition) is 4. The Hall–Kier alpha value is -6.43. The molecule has 1 saturated carbocycles. The van der Waals surface area contributed by atoms with Crippen molar-refractivity contribution in [3.63, 3.8) is 0 Å². The Morgan fingerprint density at radius 3 is 1.49 bits per heavy atom. The summed E-state index contributed by atoms with van der Waals surface area (Å²) in [6, 6.07) is 0. The van der Waals surface area contributed by atoms with Crippen molar-refractivity contribution in [2.75, 3.05) is 0 Å². The van der Waals surface area contributed by atoms with E-state index in [2.05, 4.69) is 170 Å². The number of hydrogen-bond acceptors (Lipinski definition) is 6. The number of carboxylic acids is 1. The highest BCUT2D eigenvalue weighted by molar-refractivity contribution is 8.29. The lowest BCUT2D eigenvalue weighted by atomic mass is 9.78. The molecule has 0 bridgehead atoms. The van der Waals surface area contributed by atoms with Gasteiger partial charge in [0.25, 0.3) is 0 Å². The molecule has 0 radical (unpaired) electrons. The summed E-state index contributed by atoms with van der Waals surface area (Å²) in [6.45, 7) is 2.98. The third-order valence-electron chi connectivity index (χ3n) is 6.99. The highest BCUT2D eigenvalue weighted by atomic mass is 32.1. The molecule has 1 aliphatic carbocycles. The number of rotatable bonds is 6. The molecule has 4 N–H and O–H groups in total. The van der Waals surface area contributed by atoms with E-state index < -0.39 is 43.7 Å². The second kappa shape index (κ2) is 26.4. The van der Waals surface area contributed by atoms with Crippen LogP contribution in [0.5, 0.6) is 0 Å². The Bertz CT molecular complexity index is 2380. The predicted octanol–water partition coefficient (Wildman–Crippen LogP) is 3.77. The topological polar surface area (TPSA) is 151 Å². The van der Waals surface area contributed by atoms with Crippen molar-refractivity contribution < 1.29 is 43.8 Å². The molecule has 9 nitrogen and oxygen atoms in total. The second-order valence-corrected chi connectivity index (χ2v) is 16.5. The van der Waals surface area contributed by atoms with E-state index in [1.54, 1.807) is 6.92 Å². The van der Waals surface area contributed by atoms with Gasteiger partial charge in [-0.15, -0.1) is 11.1 Å². The largest absolute Gasteiger partial charge is 0.481 e. The van der Waals surface area contributed by atoms with Crippen molar-refractivity contribution in [2.24, 2.45) is 23.7 Å². The van der Waals surface area contributed by atoms with Crippen LogP contribution in [0.2, 0.25) is 0 Å². The van der Waals surface area contributed by atoms with Crippen molar-refractivity contribution in [3.05, 3.63) is 0 Å². The summed E-state index contributed by atoms with van der Waals surface area (Å²) in [4.78, 5) is 32.5. The fraction of sp³-hybridized carbons (Fsp3) is 0.310. The van der Waals surface area contributed by atoms with E-state index in [4.69, 9.17) is 11.7 Å². The third kappa shape index (κ3) is 18.4.